The first-order chi connectivity index (χ1) is 11.2. The molecule has 2 aromatic carbocycles. The van der Waals surface area contributed by atoms with E-state index in [1.54, 1.807) is 6.07 Å². The van der Waals surface area contributed by atoms with Crippen molar-refractivity contribution in [3.05, 3.63) is 42.0 Å². The van der Waals surface area contributed by atoms with Gasteiger partial charge in [0.25, 0.3) is 0 Å². The fraction of sp³-hybridized carbons (Fsp3) is 0.524. The standard InChI is InChI=1S/C21H24O2/c1-23-21(18-7-13-6-14(9-18)10-19(21)8-13)17-4-2-16-12-20(22)5-3-15(16)11-17/h2-5,11-14,18-19,22H,6-10H2,1H3. The molecular weight excluding hydrogens is 284 g/mol. The number of phenols is 1. The van der Waals surface area contributed by atoms with Gasteiger partial charge in [-0.15, -0.1) is 0 Å². The molecule has 1 N–H and O–H groups in total. The van der Waals surface area contributed by atoms with Gasteiger partial charge < -0.3 is 9.84 Å². The maximum atomic E-state index is 9.69. The molecule has 4 fully saturated rings. The molecule has 2 heteroatoms. The van der Waals surface area contributed by atoms with E-state index in [0.29, 0.717) is 17.6 Å². The van der Waals surface area contributed by atoms with Crippen LogP contribution < -0.4 is 0 Å². The van der Waals surface area contributed by atoms with E-state index in [-0.39, 0.29) is 5.60 Å². The van der Waals surface area contributed by atoms with Crippen molar-refractivity contribution in [2.75, 3.05) is 7.11 Å². The van der Waals surface area contributed by atoms with Gasteiger partial charge in [-0.05, 0) is 90.3 Å². The summed E-state index contributed by atoms with van der Waals surface area (Å²) in [6.45, 7) is 0. The molecule has 23 heavy (non-hydrogen) atoms. The third-order valence-corrected chi connectivity index (χ3v) is 6.96. The number of benzene rings is 2. The minimum absolute atomic E-state index is 0.0838. The predicted octanol–water partition coefficient (Wildman–Crippen LogP) is 4.84. The molecule has 120 valence electrons. The fourth-order valence-corrected chi connectivity index (χ4v) is 6.28. The molecule has 0 amide bonds. The van der Waals surface area contributed by atoms with Crippen LogP contribution in [-0.4, -0.2) is 12.2 Å². The van der Waals surface area contributed by atoms with Gasteiger partial charge in [0.05, 0.1) is 5.60 Å². The maximum Gasteiger partial charge on any atom is 0.116 e. The molecule has 0 atom stereocenters. The van der Waals surface area contributed by atoms with Crippen molar-refractivity contribution in [3.63, 3.8) is 0 Å². The topological polar surface area (TPSA) is 29.5 Å². The van der Waals surface area contributed by atoms with Crippen molar-refractivity contribution in [3.8, 4) is 5.75 Å². The monoisotopic (exact) mass is 308 g/mol. The van der Waals surface area contributed by atoms with Gasteiger partial charge in [0, 0.05) is 7.11 Å². The molecule has 0 radical (unpaired) electrons. The van der Waals surface area contributed by atoms with Crippen LogP contribution in [0.4, 0.5) is 0 Å². The van der Waals surface area contributed by atoms with Gasteiger partial charge in [-0.3, -0.25) is 0 Å². The fourth-order valence-electron chi connectivity index (χ4n) is 6.28. The lowest BCUT2D eigenvalue weighted by Crippen LogP contribution is -2.56. The number of ether oxygens (including phenoxy) is 1. The third-order valence-electron chi connectivity index (χ3n) is 6.96. The molecule has 2 nitrogen and oxygen atoms in total. The van der Waals surface area contributed by atoms with Crippen LogP contribution in [0.1, 0.15) is 37.7 Å². The summed E-state index contributed by atoms with van der Waals surface area (Å²) in [5.74, 6) is 3.58. The molecule has 0 saturated heterocycles. The molecule has 4 saturated carbocycles. The number of aromatic hydroxyl groups is 1. The first-order valence-corrected chi connectivity index (χ1v) is 8.97. The zero-order valence-electron chi connectivity index (χ0n) is 13.7. The molecular formula is C21H24O2. The van der Waals surface area contributed by atoms with E-state index in [0.717, 1.165) is 17.2 Å². The number of rotatable bonds is 2. The summed E-state index contributed by atoms with van der Waals surface area (Å²) in [4.78, 5) is 0. The zero-order valence-corrected chi connectivity index (χ0v) is 13.7. The van der Waals surface area contributed by atoms with E-state index in [4.69, 9.17) is 4.74 Å². The Kier molecular flexibility index (Phi) is 2.85. The highest BCUT2D eigenvalue weighted by Gasteiger charge is 2.58. The molecule has 0 heterocycles. The average molecular weight is 308 g/mol. The summed E-state index contributed by atoms with van der Waals surface area (Å²) in [6.07, 6.45) is 6.83. The second-order valence-corrected chi connectivity index (χ2v) is 8.05. The van der Waals surface area contributed by atoms with Crippen LogP contribution in [0.15, 0.2) is 36.4 Å². The number of fused-ring (bicyclic) bond motifs is 1. The first-order valence-electron chi connectivity index (χ1n) is 8.97. The van der Waals surface area contributed by atoms with Crippen molar-refractivity contribution in [2.45, 2.75) is 37.7 Å². The van der Waals surface area contributed by atoms with Gasteiger partial charge in [0.15, 0.2) is 0 Å². The highest BCUT2D eigenvalue weighted by Crippen LogP contribution is 2.63. The van der Waals surface area contributed by atoms with Crippen molar-refractivity contribution in [2.24, 2.45) is 23.7 Å². The second kappa shape index (κ2) is 4.73. The highest BCUT2D eigenvalue weighted by atomic mass is 16.5. The zero-order chi connectivity index (χ0) is 15.6. The molecule has 6 rings (SSSR count). The Morgan fingerprint density at radius 1 is 0.870 bits per heavy atom. The van der Waals surface area contributed by atoms with Crippen molar-refractivity contribution < 1.29 is 9.84 Å². The molecule has 0 unspecified atom stereocenters. The van der Waals surface area contributed by atoms with Crippen LogP contribution in [0.2, 0.25) is 0 Å². The van der Waals surface area contributed by atoms with Gasteiger partial charge in [-0.2, -0.15) is 0 Å². The largest absolute Gasteiger partial charge is 0.508 e. The Morgan fingerprint density at radius 3 is 2.13 bits per heavy atom. The number of methoxy groups -OCH3 is 1. The van der Waals surface area contributed by atoms with E-state index in [1.807, 2.05) is 19.2 Å². The van der Waals surface area contributed by atoms with E-state index < -0.39 is 0 Å². The van der Waals surface area contributed by atoms with Gasteiger partial charge in [-0.1, -0.05) is 18.2 Å². The summed E-state index contributed by atoms with van der Waals surface area (Å²) >= 11 is 0. The van der Waals surface area contributed by atoms with Crippen LogP contribution >= 0.6 is 0 Å². The molecule has 0 aliphatic heterocycles. The normalized spacial score (nSPS) is 38.3. The highest BCUT2D eigenvalue weighted by molar-refractivity contribution is 5.84. The van der Waals surface area contributed by atoms with Crippen LogP contribution in [0.25, 0.3) is 10.8 Å². The van der Waals surface area contributed by atoms with Gasteiger partial charge >= 0.3 is 0 Å². The molecule has 0 aromatic heterocycles. The number of phenolic OH excluding ortho intramolecular Hbond substituents is 1. The lowest BCUT2D eigenvalue weighted by atomic mass is 9.48. The summed E-state index contributed by atoms with van der Waals surface area (Å²) in [6, 6.07) is 12.3. The smallest absolute Gasteiger partial charge is 0.116 e. The van der Waals surface area contributed by atoms with Gasteiger partial charge in [-0.25, -0.2) is 0 Å². The molecule has 2 aromatic rings. The van der Waals surface area contributed by atoms with E-state index in [2.05, 4.69) is 18.2 Å². The average Bonchev–Trinajstić information content (AvgIpc) is 2.54. The Balaban J connectivity index is 1.65. The summed E-state index contributed by atoms with van der Waals surface area (Å²) in [5, 5.41) is 12.0. The Labute approximate surface area is 137 Å². The lowest BCUT2D eigenvalue weighted by Gasteiger charge is -2.60. The molecule has 4 aliphatic carbocycles. The summed E-state index contributed by atoms with van der Waals surface area (Å²) in [7, 11) is 1.92. The number of hydrogen-bond donors (Lipinski definition) is 1. The lowest BCUT2D eigenvalue weighted by molar-refractivity contribution is -0.197. The Hall–Kier alpha value is -1.54. The summed E-state index contributed by atoms with van der Waals surface area (Å²) < 4.78 is 6.32. The predicted molar refractivity (Wildman–Crippen MR) is 91.3 cm³/mol. The SMILES string of the molecule is COC1(c2ccc3cc(O)ccc3c2)C2CC3CC(C2)CC1C3. The Bertz CT molecular complexity index is 736. The van der Waals surface area contributed by atoms with Gasteiger partial charge in [0.2, 0.25) is 0 Å². The minimum Gasteiger partial charge on any atom is -0.508 e. The second-order valence-electron chi connectivity index (χ2n) is 8.05. The van der Waals surface area contributed by atoms with Crippen LogP contribution in [-0.2, 0) is 10.3 Å². The van der Waals surface area contributed by atoms with Crippen molar-refractivity contribution >= 4 is 10.8 Å². The third kappa shape index (κ3) is 1.85. The maximum absolute atomic E-state index is 9.69. The molecule has 4 bridgehead atoms. The Morgan fingerprint density at radius 2 is 1.48 bits per heavy atom. The van der Waals surface area contributed by atoms with E-state index in [1.165, 1.54) is 43.1 Å². The van der Waals surface area contributed by atoms with Crippen molar-refractivity contribution in [1.82, 2.24) is 0 Å². The van der Waals surface area contributed by atoms with Crippen LogP contribution in [0.5, 0.6) is 5.75 Å². The van der Waals surface area contributed by atoms with Gasteiger partial charge in [0.1, 0.15) is 5.75 Å². The quantitative estimate of drug-likeness (QED) is 0.860. The van der Waals surface area contributed by atoms with Crippen molar-refractivity contribution in [1.29, 1.82) is 0 Å². The van der Waals surface area contributed by atoms with E-state index >= 15 is 0 Å². The van der Waals surface area contributed by atoms with E-state index in [9.17, 15) is 5.11 Å². The minimum atomic E-state index is -0.0838. The molecule has 0 spiro atoms. The molecule has 4 aliphatic rings. The van der Waals surface area contributed by atoms with Crippen LogP contribution in [0, 0.1) is 23.7 Å². The summed E-state index contributed by atoms with van der Waals surface area (Å²) in [5.41, 5.74) is 1.27. The first kappa shape index (κ1) is 13.9. The van der Waals surface area contributed by atoms with Crippen LogP contribution in [0.3, 0.4) is 0 Å². The number of hydrogen-bond acceptors (Lipinski definition) is 2.